The van der Waals surface area contributed by atoms with Gasteiger partial charge in [-0.1, -0.05) is 13.8 Å². The van der Waals surface area contributed by atoms with Crippen LogP contribution in [0.1, 0.15) is 48.3 Å². The molecule has 0 bridgehead atoms. The van der Waals surface area contributed by atoms with Crippen LogP contribution < -0.4 is 5.32 Å². The van der Waals surface area contributed by atoms with Gasteiger partial charge in [0.15, 0.2) is 5.69 Å². The van der Waals surface area contributed by atoms with Crippen LogP contribution >= 0.6 is 11.8 Å². The predicted molar refractivity (Wildman–Crippen MR) is 84.4 cm³/mol. The van der Waals surface area contributed by atoms with E-state index in [-0.39, 0.29) is 5.97 Å². The summed E-state index contributed by atoms with van der Waals surface area (Å²) in [4.78, 5) is 21.2. The number of rotatable bonds is 6. The molecule has 1 aromatic heterocycles. The Bertz CT molecular complexity index is 506. The first-order valence-corrected chi connectivity index (χ1v) is 8.61. The molecule has 1 aromatic rings. The lowest BCUT2D eigenvalue weighted by atomic mass is 10.1. The molecule has 0 aliphatic carbocycles. The number of carbonyl (C=O) groups excluding carboxylic acids is 1. The minimum absolute atomic E-state index is 0.338. The molecule has 0 saturated heterocycles. The van der Waals surface area contributed by atoms with E-state index in [4.69, 9.17) is 4.74 Å². The van der Waals surface area contributed by atoms with E-state index in [0.717, 1.165) is 41.6 Å². The standard InChI is InChI=1S/C15H23N3O2S/c1-4-20-15(19)14-11-7-16-6-5-12(11)17-13(18-14)9-21-8-10(2)3/h10,16H,4-9H2,1-3H3. The Balaban J connectivity index is 2.22. The summed E-state index contributed by atoms with van der Waals surface area (Å²) in [5.41, 5.74) is 2.33. The molecule has 0 fully saturated rings. The van der Waals surface area contributed by atoms with Crippen molar-refractivity contribution in [3.8, 4) is 0 Å². The molecule has 0 aromatic carbocycles. The van der Waals surface area contributed by atoms with Crippen molar-refractivity contribution in [2.24, 2.45) is 5.92 Å². The Labute approximate surface area is 130 Å². The number of hydrogen-bond donors (Lipinski definition) is 1. The lowest BCUT2D eigenvalue weighted by Crippen LogP contribution is -2.28. The maximum Gasteiger partial charge on any atom is 0.357 e. The number of ether oxygens (including phenoxy) is 1. The van der Waals surface area contributed by atoms with Gasteiger partial charge in [0, 0.05) is 25.1 Å². The van der Waals surface area contributed by atoms with Crippen LogP contribution in [0.25, 0.3) is 0 Å². The molecule has 6 heteroatoms. The summed E-state index contributed by atoms with van der Waals surface area (Å²) in [6.07, 6.45) is 0.839. The third-order valence-corrected chi connectivity index (χ3v) is 4.50. The number of carbonyl (C=O) groups is 1. The lowest BCUT2D eigenvalue weighted by Gasteiger charge is -2.19. The van der Waals surface area contributed by atoms with Gasteiger partial charge in [-0.15, -0.1) is 0 Å². The highest BCUT2D eigenvalue weighted by molar-refractivity contribution is 7.98. The van der Waals surface area contributed by atoms with Gasteiger partial charge in [-0.3, -0.25) is 0 Å². The van der Waals surface area contributed by atoms with Crippen LogP contribution in [0.4, 0.5) is 0 Å². The largest absolute Gasteiger partial charge is 0.461 e. The van der Waals surface area contributed by atoms with E-state index in [2.05, 4.69) is 29.1 Å². The molecule has 2 rings (SSSR count). The second kappa shape index (κ2) is 7.75. The third-order valence-electron chi connectivity index (χ3n) is 3.13. The zero-order valence-corrected chi connectivity index (χ0v) is 13.8. The second-order valence-electron chi connectivity index (χ2n) is 5.47. The Hall–Kier alpha value is -1.14. The first-order chi connectivity index (χ1) is 10.1. The summed E-state index contributed by atoms with van der Waals surface area (Å²) < 4.78 is 5.13. The summed E-state index contributed by atoms with van der Waals surface area (Å²) in [7, 11) is 0. The van der Waals surface area contributed by atoms with E-state index in [1.54, 1.807) is 11.8 Å². The summed E-state index contributed by atoms with van der Waals surface area (Å²) in [5.74, 6) is 2.85. The third kappa shape index (κ3) is 4.41. The van der Waals surface area contributed by atoms with Gasteiger partial charge in [0.05, 0.1) is 18.1 Å². The molecule has 0 spiro atoms. The number of fused-ring (bicyclic) bond motifs is 1. The molecule has 2 heterocycles. The molecule has 1 aliphatic rings. The minimum Gasteiger partial charge on any atom is -0.461 e. The quantitative estimate of drug-likeness (QED) is 0.813. The first kappa shape index (κ1) is 16.2. The van der Waals surface area contributed by atoms with Crippen molar-refractivity contribution in [2.75, 3.05) is 18.9 Å². The number of thioether (sulfide) groups is 1. The van der Waals surface area contributed by atoms with Crippen LogP contribution in [0.2, 0.25) is 0 Å². The predicted octanol–water partition coefficient (Wildman–Crippen LogP) is 2.19. The van der Waals surface area contributed by atoms with E-state index < -0.39 is 0 Å². The molecule has 1 aliphatic heterocycles. The average molecular weight is 309 g/mol. The number of nitrogens with one attached hydrogen (secondary N) is 1. The lowest BCUT2D eigenvalue weighted by molar-refractivity contribution is 0.0516. The molecule has 0 unspecified atom stereocenters. The van der Waals surface area contributed by atoms with E-state index in [1.807, 2.05) is 6.92 Å². The fourth-order valence-corrected chi connectivity index (χ4v) is 3.11. The van der Waals surface area contributed by atoms with Gasteiger partial charge in [0.25, 0.3) is 0 Å². The normalized spacial score (nSPS) is 14.1. The van der Waals surface area contributed by atoms with Gasteiger partial charge in [0.2, 0.25) is 0 Å². The van der Waals surface area contributed by atoms with Gasteiger partial charge < -0.3 is 10.1 Å². The van der Waals surface area contributed by atoms with Crippen LogP contribution in [-0.4, -0.2) is 34.8 Å². The summed E-state index contributed by atoms with van der Waals surface area (Å²) in [5, 5.41) is 3.26. The molecule has 0 amide bonds. The zero-order valence-electron chi connectivity index (χ0n) is 12.9. The van der Waals surface area contributed by atoms with Crippen LogP contribution in [0.3, 0.4) is 0 Å². The van der Waals surface area contributed by atoms with Crippen LogP contribution in [0.15, 0.2) is 0 Å². The van der Waals surface area contributed by atoms with Crippen LogP contribution in [-0.2, 0) is 23.5 Å². The zero-order chi connectivity index (χ0) is 15.2. The molecular weight excluding hydrogens is 286 g/mol. The molecule has 0 atom stereocenters. The van der Waals surface area contributed by atoms with Crippen molar-refractivity contribution in [3.63, 3.8) is 0 Å². The highest BCUT2D eigenvalue weighted by Crippen LogP contribution is 2.19. The fraction of sp³-hybridized carbons (Fsp3) is 0.667. The Kier molecular flexibility index (Phi) is 5.99. The molecule has 116 valence electrons. The minimum atomic E-state index is -0.338. The highest BCUT2D eigenvalue weighted by atomic mass is 32.2. The molecule has 1 N–H and O–H groups in total. The number of aromatic nitrogens is 2. The van der Waals surface area contributed by atoms with Crippen molar-refractivity contribution in [3.05, 3.63) is 22.8 Å². The van der Waals surface area contributed by atoms with E-state index in [1.165, 1.54) is 0 Å². The molecule has 5 nitrogen and oxygen atoms in total. The van der Waals surface area contributed by atoms with Gasteiger partial charge in [-0.25, -0.2) is 14.8 Å². The van der Waals surface area contributed by atoms with Crippen molar-refractivity contribution >= 4 is 17.7 Å². The Morgan fingerprint density at radius 2 is 2.24 bits per heavy atom. The highest BCUT2D eigenvalue weighted by Gasteiger charge is 2.22. The van der Waals surface area contributed by atoms with Crippen LogP contribution in [0.5, 0.6) is 0 Å². The molecule has 21 heavy (non-hydrogen) atoms. The van der Waals surface area contributed by atoms with Gasteiger partial charge in [-0.2, -0.15) is 11.8 Å². The topological polar surface area (TPSA) is 64.1 Å². The van der Waals surface area contributed by atoms with Crippen LogP contribution in [0, 0.1) is 5.92 Å². The van der Waals surface area contributed by atoms with Crippen molar-refractivity contribution in [1.82, 2.24) is 15.3 Å². The van der Waals surface area contributed by atoms with Gasteiger partial charge in [-0.05, 0) is 18.6 Å². The van der Waals surface area contributed by atoms with Gasteiger partial charge in [0.1, 0.15) is 5.82 Å². The van der Waals surface area contributed by atoms with Gasteiger partial charge >= 0.3 is 5.97 Å². The maximum absolute atomic E-state index is 12.1. The molecular formula is C15H23N3O2S. The number of hydrogen-bond acceptors (Lipinski definition) is 6. The average Bonchev–Trinajstić information content (AvgIpc) is 2.46. The maximum atomic E-state index is 12.1. The number of nitrogens with zero attached hydrogens (tertiary/aromatic N) is 2. The summed E-state index contributed by atoms with van der Waals surface area (Å²) >= 11 is 1.81. The fourth-order valence-electron chi connectivity index (χ4n) is 2.21. The van der Waals surface area contributed by atoms with E-state index in [9.17, 15) is 4.79 Å². The van der Waals surface area contributed by atoms with Crippen molar-refractivity contribution in [1.29, 1.82) is 0 Å². The summed E-state index contributed by atoms with van der Waals surface area (Å²) in [6, 6.07) is 0. The first-order valence-electron chi connectivity index (χ1n) is 7.46. The monoisotopic (exact) mass is 309 g/mol. The SMILES string of the molecule is CCOC(=O)c1nc(CSCC(C)C)nc2c1CNCC2. The smallest absolute Gasteiger partial charge is 0.357 e. The molecule has 0 radical (unpaired) electrons. The Morgan fingerprint density at radius 3 is 2.95 bits per heavy atom. The van der Waals surface area contributed by atoms with E-state index >= 15 is 0 Å². The van der Waals surface area contributed by atoms with Crippen molar-refractivity contribution < 1.29 is 9.53 Å². The Morgan fingerprint density at radius 1 is 1.43 bits per heavy atom. The van der Waals surface area contributed by atoms with Crippen molar-refractivity contribution in [2.45, 2.75) is 39.5 Å². The summed E-state index contributed by atoms with van der Waals surface area (Å²) in [6.45, 7) is 8.09. The molecule has 0 saturated carbocycles. The van der Waals surface area contributed by atoms with E-state index in [0.29, 0.717) is 24.8 Å². The number of esters is 1. The second-order valence-corrected chi connectivity index (χ2v) is 6.50.